The molecular formula is C32H43Cl2N5O3. The Hall–Kier alpha value is -2.81. The molecule has 0 spiro atoms. The van der Waals surface area contributed by atoms with Gasteiger partial charge in [-0.25, -0.2) is 0 Å². The fourth-order valence-corrected chi connectivity index (χ4v) is 6.37. The van der Waals surface area contributed by atoms with E-state index in [9.17, 15) is 14.4 Å². The van der Waals surface area contributed by atoms with Gasteiger partial charge in [0, 0.05) is 61.3 Å². The van der Waals surface area contributed by atoms with Crippen molar-refractivity contribution in [2.24, 2.45) is 11.7 Å². The summed E-state index contributed by atoms with van der Waals surface area (Å²) in [5.41, 5.74) is 9.93. The minimum absolute atomic E-state index is 0.00593. The number of hydrogen-bond donors (Lipinski definition) is 2. The molecule has 3 atom stereocenters. The summed E-state index contributed by atoms with van der Waals surface area (Å²) in [6, 6.07) is 10.2. The quantitative estimate of drug-likeness (QED) is 0.402. The van der Waals surface area contributed by atoms with Gasteiger partial charge in [-0.15, -0.1) is 0 Å². The van der Waals surface area contributed by atoms with Crippen molar-refractivity contribution in [2.75, 3.05) is 37.6 Å². The average molecular weight is 617 g/mol. The molecule has 3 amide bonds. The van der Waals surface area contributed by atoms with Gasteiger partial charge >= 0.3 is 0 Å². The molecule has 228 valence electrons. The number of likely N-dealkylation sites (tertiary alicyclic amines) is 1. The highest BCUT2D eigenvalue weighted by Crippen LogP contribution is 2.33. The summed E-state index contributed by atoms with van der Waals surface area (Å²) in [5, 5.41) is 4.19. The second kappa shape index (κ2) is 14.1. The molecule has 0 bridgehead atoms. The van der Waals surface area contributed by atoms with Gasteiger partial charge in [-0.1, -0.05) is 60.8 Å². The number of nitrogens with zero attached hydrogens (tertiary/aromatic N) is 3. The van der Waals surface area contributed by atoms with Crippen LogP contribution in [0.5, 0.6) is 0 Å². The number of rotatable bonds is 10. The van der Waals surface area contributed by atoms with E-state index in [2.05, 4.69) is 49.2 Å². The molecule has 0 aliphatic carbocycles. The zero-order chi connectivity index (χ0) is 30.6. The summed E-state index contributed by atoms with van der Waals surface area (Å²) in [7, 11) is 0. The molecule has 3 N–H and O–H groups in total. The van der Waals surface area contributed by atoms with Crippen molar-refractivity contribution < 1.29 is 14.4 Å². The monoisotopic (exact) mass is 615 g/mol. The Kier molecular flexibility index (Phi) is 10.8. The normalized spacial score (nSPS) is 17.9. The number of anilines is 1. The molecule has 0 saturated carbocycles. The Morgan fingerprint density at radius 1 is 1.00 bits per heavy atom. The van der Waals surface area contributed by atoms with Crippen LogP contribution in [0.3, 0.4) is 0 Å². The molecule has 0 radical (unpaired) electrons. The first kappa shape index (κ1) is 32.1. The van der Waals surface area contributed by atoms with Gasteiger partial charge in [0.25, 0.3) is 0 Å². The molecule has 2 aromatic rings. The molecule has 2 aromatic carbocycles. The van der Waals surface area contributed by atoms with Gasteiger partial charge < -0.3 is 25.8 Å². The lowest BCUT2D eigenvalue weighted by molar-refractivity contribution is -0.143. The predicted molar refractivity (Wildman–Crippen MR) is 169 cm³/mol. The maximum Gasteiger partial charge on any atom is 0.245 e. The van der Waals surface area contributed by atoms with Crippen LogP contribution in [0.15, 0.2) is 36.4 Å². The Morgan fingerprint density at radius 3 is 2.31 bits per heavy atom. The number of amides is 3. The van der Waals surface area contributed by atoms with Gasteiger partial charge in [0.2, 0.25) is 17.7 Å². The van der Waals surface area contributed by atoms with Crippen molar-refractivity contribution in [3.05, 3.63) is 63.1 Å². The minimum Gasteiger partial charge on any atom is -0.368 e. The van der Waals surface area contributed by atoms with E-state index >= 15 is 0 Å². The largest absolute Gasteiger partial charge is 0.368 e. The van der Waals surface area contributed by atoms with Gasteiger partial charge in [-0.3, -0.25) is 14.4 Å². The van der Waals surface area contributed by atoms with Crippen molar-refractivity contribution in [3.63, 3.8) is 0 Å². The molecule has 8 nitrogen and oxygen atoms in total. The summed E-state index contributed by atoms with van der Waals surface area (Å²) in [6.07, 6.45) is 2.34. The Bertz CT molecular complexity index is 1290. The molecule has 2 aliphatic rings. The van der Waals surface area contributed by atoms with E-state index in [1.165, 1.54) is 0 Å². The Balaban J connectivity index is 1.53. The van der Waals surface area contributed by atoms with Crippen molar-refractivity contribution in [1.82, 2.24) is 15.1 Å². The molecule has 2 aliphatic heterocycles. The van der Waals surface area contributed by atoms with Crippen molar-refractivity contribution in [1.29, 1.82) is 0 Å². The lowest BCUT2D eigenvalue weighted by Crippen LogP contribution is -2.56. The summed E-state index contributed by atoms with van der Waals surface area (Å²) in [4.78, 5) is 45.2. The third-order valence-electron chi connectivity index (χ3n) is 8.13. The summed E-state index contributed by atoms with van der Waals surface area (Å²) >= 11 is 12.6. The molecule has 0 unspecified atom stereocenters. The van der Waals surface area contributed by atoms with E-state index in [1.54, 1.807) is 24.0 Å². The molecule has 10 heteroatoms. The topological polar surface area (TPSA) is 99.0 Å². The van der Waals surface area contributed by atoms with Crippen LogP contribution in [-0.2, 0) is 20.8 Å². The highest BCUT2D eigenvalue weighted by molar-refractivity contribution is 6.35. The number of piperazine rings is 1. The number of nitrogens with two attached hydrogens (primary N) is 1. The maximum atomic E-state index is 14.0. The van der Waals surface area contributed by atoms with Crippen LogP contribution in [0.2, 0.25) is 10.0 Å². The highest BCUT2D eigenvalue weighted by atomic mass is 35.5. The maximum absolute atomic E-state index is 14.0. The van der Waals surface area contributed by atoms with Gasteiger partial charge in [-0.2, -0.15) is 0 Å². The fraction of sp³-hybridized carbons (Fsp3) is 0.531. The second-order valence-electron chi connectivity index (χ2n) is 12.0. The van der Waals surface area contributed by atoms with Crippen LogP contribution in [-0.4, -0.2) is 72.3 Å². The third kappa shape index (κ3) is 7.77. The number of nitrogens with one attached hydrogen (secondary N) is 1. The first-order chi connectivity index (χ1) is 19.9. The van der Waals surface area contributed by atoms with E-state index in [0.717, 1.165) is 35.2 Å². The van der Waals surface area contributed by atoms with Crippen molar-refractivity contribution >= 4 is 46.6 Å². The van der Waals surface area contributed by atoms with Crippen LogP contribution in [0.4, 0.5) is 5.69 Å². The Morgan fingerprint density at radius 2 is 1.71 bits per heavy atom. The van der Waals surface area contributed by atoms with E-state index < -0.39 is 12.1 Å². The summed E-state index contributed by atoms with van der Waals surface area (Å²) in [6.45, 7) is 10.9. The predicted octanol–water partition coefficient (Wildman–Crippen LogP) is 4.73. The fourth-order valence-electron chi connectivity index (χ4n) is 5.88. The highest BCUT2D eigenvalue weighted by Gasteiger charge is 2.37. The molecule has 2 heterocycles. The van der Waals surface area contributed by atoms with Crippen molar-refractivity contribution in [2.45, 2.75) is 71.5 Å². The summed E-state index contributed by atoms with van der Waals surface area (Å²) < 4.78 is 0. The van der Waals surface area contributed by atoms with E-state index in [1.807, 2.05) is 11.0 Å². The molecule has 4 rings (SSSR count). The summed E-state index contributed by atoms with van der Waals surface area (Å²) in [5.74, 6) is 0.144. The smallest absolute Gasteiger partial charge is 0.245 e. The van der Waals surface area contributed by atoms with Crippen LogP contribution >= 0.6 is 23.2 Å². The minimum atomic E-state index is -0.607. The van der Waals surface area contributed by atoms with E-state index in [4.69, 9.17) is 28.9 Å². The number of carbonyl (C=O) groups excluding carboxylic acids is 3. The zero-order valence-corrected chi connectivity index (χ0v) is 26.5. The van der Waals surface area contributed by atoms with E-state index in [-0.39, 0.29) is 23.8 Å². The zero-order valence-electron chi connectivity index (χ0n) is 25.0. The lowest BCUT2D eigenvalue weighted by atomic mass is 9.93. The van der Waals surface area contributed by atoms with E-state index in [0.29, 0.717) is 61.5 Å². The lowest BCUT2D eigenvalue weighted by Gasteiger charge is -2.40. The molecule has 42 heavy (non-hydrogen) atoms. The molecule has 2 saturated heterocycles. The van der Waals surface area contributed by atoms with Crippen LogP contribution < -0.4 is 16.0 Å². The van der Waals surface area contributed by atoms with Gasteiger partial charge in [0.05, 0.1) is 12.1 Å². The standard InChI is InChI=1S/C32H43Cl2N5O3/c1-20(2)16-27(36-31(41)22(4)35)25-17-21(3)7-10-28(25)37-12-14-38(15-13-37)32(42)29(39-11-5-6-30(39)40)18-23-8-9-24(33)19-26(23)34/h7-10,17,19-20,22,27,29H,5-6,11-16,18,35H2,1-4H3,(H,36,41)/t22-,27+,29-/m1/s1. The number of aryl methyl sites for hydroxylation is 1. The SMILES string of the molecule is Cc1ccc(N2CCN(C(=O)[C@@H](Cc3ccc(Cl)cc3Cl)N3CCCC3=O)CC2)c([C@H](CC(C)C)NC(=O)[C@@H](C)N)c1. The number of hydrogen-bond acceptors (Lipinski definition) is 5. The van der Waals surface area contributed by atoms with Crippen molar-refractivity contribution in [3.8, 4) is 0 Å². The Labute approximate surface area is 259 Å². The average Bonchev–Trinajstić information content (AvgIpc) is 3.37. The number of benzene rings is 2. The van der Waals surface area contributed by atoms with Gasteiger partial charge in [0.1, 0.15) is 6.04 Å². The van der Waals surface area contributed by atoms with Crippen LogP contribution in [0, 0.1) is 12.8 Å². The molecule has 0 aromatic heterocycles. The number of halogens is 2. The first-order valence-corrected chi connectivity index (χ1v) is 15.6. The van der Waals surface area contributed by atoms with Gasteiger partial charge in [0.15, 0.2) is 0 Å². The molecule has 2 fully saturated rings. The number of carbonyl (C=O) groups is 3. The first-order valence-electron chi connectivity index (χ1n) is 14.9. The van der Waals surface area contributed by atoms with Crippen LogP contribution in [0.1, 0.15) is 62.8 Å². The second-order valence-corrected chi connectivity index (χ2v) is 12.8. The van der Waals surface area contributed by atoms with Crippen LogP contribution in [0.25, 0.3) is 0 Å². The molecular weight excluding hydrogens is 573 g/mol. The van der Waals surface area contributed by atoms with Gasteiger partial charge in [-0.05, 0) is 61.9 Å². The third-order valence-corrected chi connectivity index (χ3v) is 8.71.